The fraction of sp³-hybridized carbons (Fsp3) is 0.400. The number of aromatic nitrogens is 2. The van der Waals surface area contributed by atoms with Crippen molar-refractivity contribution in [3.63, 3.8) is 0 Å². The molecule has 0 saturated carbocycles. The number of hydroxylamine groups is 1. The molecule has 2 amide bonds. The first-order valence-corrected chi connectivity index (χ1v) is 16.3. The summed E-state index contributed by atoms with van der Waals surface area (Å²) in [7, 11) is -3.34. The van der Waals surface area contributed by atoms with Crippen molar-refractivity contribution in [1.82, 2.24) is 20.8 Å². The summed E-state index contributed by atoms with van der Waals surface area (Å²) in [6, 6.07) is 16.8. The molecule has 1 aliphatic heterocycles. The van der Waals surface area contributed by atoms with Crippen LogP contribution in [-0.4, -0.2) is 61.3 Å². The highest BCUT2D eigenvalue weighted by atomic mass is 32.2. The number of hydrogen-bond acceptors (Lipinski definition) is 9. The molecule has 4 rings (SSSR count). The van der Waals surface area contributed by atoms with Gasteiger partial charge in [0.15, 0.2) is 0 Å². The fourth-order valence-corrected chi connectivity index (χ4v) is 5.53. The van der Waals surface area contributed by atoms with Crippen LogP contribution in [-0.2, 0) is 19.6 Å². The van der Waals surface area contributed by atoms with E-state index in [9.17, 15) is 18.0 Å². The van der Waals surface area contributed by atoms with Gasteiger partial charge >= 0.3 is 0 Å². The number of carbonyl (C=O) groups excluding carboxylic acids is 2. The van der Waals surface area contributed by atoms with Gasteiger partial charge in [0.2, 0.25) is 27.8 Å². The third-order valence-corrected chi connectivity index (χ3v) is 7.85. The van der Waals surface area contributed by atoms with E-state index < -0.39 is 10.0 Å². The molecule has 230 valence electrons. The summed E-state index contributed by atoms with van der Waals surface area (Å²) in [4.78, 5) is 34.8. The van der Waals surface area contributed by atoms with Gasteiger partial charge in [0.25, 0.3) is 0 Å². The van der Waals surface area contributed by atoms with E-state index >= 15 is 0 Å². The first-order chi connectivity index (χ1) is 20.7. The molecule has 0 spiro atoms. The number of amides is 2. The summed E-state index contributed by atoms with van der Waals surface area (Å²) in [5, 5.41) is 14.8. The number of benzene rings is 2. The maximum Gasteiger partial charge on any atom is 0.243 e. The van der Waals surface area contributed by atoms with Gasteiger partial charge in [0.05, 0.1) is 11.9 Å². The highest BCUT2D eigenvalue weighted by molar-refractivity contribution is 7.92. The van der Waals surface area contributed by atoms with Gasteiger partial charge in [0.1, 0.15) is 0 Å². The summed E-state index contributed by atoms with van der Waals surface area (Å²) in [6.45, 7) is 2.25. The molecule has 3 aromatic rings. The van der Waals surface area contributed by atoms with Crippen LogP contribution in [0.4, 0.5) is 23.0 Å². The van der Waals surface area contributed by atoms with Crippen LogP contribution in [0.1, 0.15) is 44.9 Å². The topological polar surface area (TPSA) is 166 Å². The fourth-order valence-electron chi connectivity index (χ4n) is 4.96. The zero-order valence-electron chi connectivity index (χ0n) is 24.3. The Kier molecular flexibility index (Phi) is 11.3. The number of sulfonamides is 1. The van der Waals surface area contributed by atoms with Crippen molar-refractivity contribution < 1.29 is 23.2 Å². The molecule has 0 bridgehead atoms. The van der Waals surface area contributed by atoms with Gasteiger partial charge in [-0.05, 0) is 68.1 Å². The predicted octanol–water partition coefficient (Wildman–Crippen LogP) is 4.05. The van der Waals surface area contributed by atoms with E-state index in [1.165, 1.54) is 0 Å². The molecule has 2 heterocycles. The third kappa shape index (κ3) is 10.2. The van der Waals surface area contributed by atoms with Gasteiger partial charge < -0.3 is 15.5 Å². The number of carbonyl (C=O) groups is 2. The number of rotatable bonds is 14. The maximum atomic E-state index is 12.6. The Morgan fingerprint density at radius 3 is 2.28 bits per heavy atom. The summed E-state index contributed by atoms with van der Waals surface area (Å²) in [5.74, 6) is 0.214. The average molecular weight is 610 g/mol. The Balaban J connectivity index is 1.20. The molecule has 0 unspecified atom stereocenters. The van der Waals surface area contributed by atoms with Crippen LogP contribution in [0.3, 0.4) is 0 Å². The van der Waals surface area contributed by atoms with E-state index in [0.29, 0.717) is 30.3 Å². The predicted molar refractivity (Wildman–Crippen MR) is 167 cm³/mol. The van der Waals surface area contributed by atoms with Gasteiger partial charge in [-0.15, -0.1) is 0 Å². The monoisotopic (exact) mass is 609 g/mol. The number of nitrogens with one attached hydrogen (secondary N) is 4. The molecule has 0 radical (unpaired) electrons. The number of nitrogens with zero attached hydrogens (tertiary/aromatic N) is 3. The third-order valence-electron chi connectivity index (χ3n) is 7.25. The Morgan fingerprint density at radius 1 is 0.930 bits per heavy atom. The zero-order valence-corrected chi connectivity index (χ0v) is 25.1. The van der Waals surface area contributed by atoms with Crippen molar-refractivity contribution in [3.8, 4) is 11.3 Å². The Hall–Kier alpha value is -4.23. The molecule has 12 nitrogen and oxygen atoms in total. The minimum absolute atomic E-state index is 0.0158. The van der Waals surface area contributed by atoms with E-state index in [0.717, 1.165) is 74.8 Å². The molecule has 5 N–H and O–H groups in total. The van der Waals surface area contributed by atoms with Gasteiger partial charge in [-0.2, -0.15) is 0 Å². The average Bonchev–Trinajstić information content (AvgIpc) is 3.00. The minimum atomic E-state index is -3.34. The van der Waals surface area contributed by atoms with Crippen molar-refractivity contribution in [2.75, 3.05) is 40.8 Å². The van der Waals surface area contributed by atoms with Crippen LogP contribution in [0.25, 0.3) is 11.3 Å². The molecule has 13 heteroatoms. The Morgan fingerprint density at radius 2 is 1.60 bits per heavy atom. The van der Waals surface area contributed by atoms with E-state index in [1.807, 2.05) is 24.3 Å². The molecule has 1 aliphatic rings. The first kappa shape index (κ1) is 31.7. The van der Waals surface area contributed by atoms with E-state index in [2.05, 4.69) is 30.2 Å². The van der Waals surface area contributed by atoms with Crippen LogP contribution >= 0.6 is 0 Å². The summed E-state index contributed by atoms with van der Waals surface area (Å²) < 4.78 is 25.3. The second-order valence-electron chi connectivity index (χ2n) is 10.6. The number of hydrogen-bond donors (Lipinski definition) is 5. The van der Waals surface area contributed by atoms with E-state index in [4.69, 9.17) is 5.21 Å². The lowest BCUT2D eigenvalue weighted by molar-refractivity contribution is -0.129. The van der Waals surface area contributed by atoms with E-state index in [-0.39, 0.29) is 17.7 Å². The lowest BCUT2D eigenvalue weighted by Crippen LogP contribution is -2.40. The summed E-state index contributed by atoms with van der Waals surface area (Å²) in [6.07, 6.45) is 8.11. The van der Waals surface area contributed by atoms with Crippen molar-refractivity contribution in [2.24, 2.45) is 5.92 Å². The Bertz CT molecular complexity index is 1460. The van der Waals surface area contributed by atoms with Crippen LogP contribution < -0.4 is 25.7 Å². The molecule has 0 aliphatic carbocycles. The van der Waals surface area contributed by atoms with Crippen LogP contribution in [0, 0.1) is 5.92 Å². The lowest BCUT2D eigenvalue weighted by atomic mass is 9.95. The van der Waals surface area contributed by atoms with E-state index in [1.54, 1.807) is 42.0 Å². The van der Waals surface area contributed by atoms with Crippen molar-refractivity contribution in [2.45, 2.75) is 44.9 Å². The molecule has 1 saturated heterocycles. The molecular formula is C30H39N7O5S. The maximum absolute atomic E-state index is 12.6. The number of anilines is 4. The van der Waals surface area contributed by atoms with Gasteiger partial charge in [-0.25, -0.2) is 23.9 Å². The minimum Gasteiger partial charge on any atom is -0.371 e. The van der Waals surface area contributed by atoms with Crippen molar-refractivity contribution in [1.29, 1.82) is 0 Å². The standard InChI is InChI=1S/C30H39N7O5S/c1-43(41,42)36-25-9-7-22(8-10-25)27-15-19-32-30(34-27)33-24-11-13-26(14-12-24)37-20-16-23(17-21-37)29(39)31-18-5-3-2-4-6-28(38)35-40/h7-15,19,23,36,40H,2-6,16-18,20-21H2,1H3,(H,31,39)(H,35,38)(H,32,33,34). The SMILES string of the molecule is CS(=O)(=O)Nc1ccc(-c2ccnc(Nc3ccc(N4CCC(C(=O)NCCCCCCC(=O)NO)CC4)cc3)n2)cc1. The quantitative estimate of drug-likeness (QED) is 0.103. The molecule has 1 aromatic heterocycles. The second kappa shape index (κ2) is 15.3. The van der Waals surface area contributed by atoms with Gasteiger partial charge in [-0.1, -0.05) is 25.0 Å². The van der Waals surface area contributed by atoms with Crippen molar-refractivity contribution >= 4 is 44.8 Å². The molecule has 2 aromatic carbocycles. The van der Waals surface area contributed by atoms with Crippen LogP contribution in [0.2, 0.25) is 0 Å². The highest BCUT2D eigenvalue weighted by Gasteiger charge is 2.24. The van der Waals surface area contributed by atoms with Gasteiger partial charge in [-0.3, -0.25) is 19.5 Å². The largest absolute Gasteiger partial charge is 0.371 e. The molecule has 1 fully saturated rings. The summed E-state index contributed by atoms with van der Waals surface area (Å²) >= 11 is 0. The zero-order chi connectivity index (χ0) is 30.7. The van der Waals surface area contributed by atoms with Crippen molar-refractivity contribution in [3.05, 3.63) is 60.8 Å². The van der Waals surface area contributed by atoms with Crippen LogP contribution in [0.5, 0.6) is 0 Å². The first-order valence-electron chi connectivity index (χ1n) is 14.4. The molecule has 0 atom stereocenters. The highest BCUT2D eigenvalue weighted by Crippen LogP contribution is 2.26. The van der Waals surface area contributed by atoms with Gasteiger partial charge in [0, 0.05) is 60.8 Å². The summed E-state index contributed by atoms with van der Waals surface area (Å²) in [5.41, 5.74) is 5.60. The molecule has 43 heavy (non-hydrogen) atoms. The lowest BCUT2D eigenvalue weighted by Gasteiger charge is -2.33. The molecular weight excluding hydrogens is 570 g/mol. The number of unbranched alkanes of at least 4 members (excludes halogenated alkanes) is 3. The number of piperidine rings is 1. The smallest absolute Gasteiger partial charge is 0.243 e. The second-order valence-corrected chi connectivity index (χ2v) is 12.4. The Labute approximate surface area is 252 Å². The van der Waals surface area contributed by atoms with Crippen LogP contribution in [0.15, 0.2) is 60.8 Å². The normalized spacial score (nSPS) is 13.8.